The van der Waals surface area contributed by atoms with Crippen molar-refractivity contribution in [3.63, 3.8) is 0 Å². The summed E-state index contributed by atoms with van der Waals surface area (Å²) in [5, 5.41) is 21.3. The van der Waals surface area contributed by atoms with E-state index in [0.29, 0.717) is 99.1 Å². The lowest BCUT2D eigenvalue weighted by atomic mass is 9.95. The van der Waals surface area contributed by atoms with Crippen molar-refractivity contribution >= 4 is 80.9 Å². The first-order valence-electron chi connectivity index (χ1n) is 37.9. The molecule has 0 saturated heterocycles. The minimum atomic E-state index is -4.10. The first-order chi connectivity index (χ1) is 52.5. The van der Waals surface area contributed by atoms with Gasteiger partial charge in [0.05, 0.1) is 57.3 Å². The minimum Gasteiger partial charge on any atom is -0.480 e. The van der Waals surface area contributed by atoms with E-state index in [-0.39, 0.29) is 122 Å². The van der Waals surface area contributed by atoms with Crippen molar-refractivity contribution in [2.24, 2.45) is 28.1 Å². The number of carboxylic acids is 1. The second kappa shape index (κ2) is 48.7. The Morgan fingerprint density at radius 1 is 0.468 bits per heavy atom. The van der Waals surface area contributed by atoms with Gasteiger partial charge in [-0.15, -0.1) is 0 Å². The lowest BCUT2D eigenvalue weighted by Crippen LogP contribution is -2.53. The standard InChI is InChI=1S/C77H115N15O15S2/c1-108-46-34-65(77(102)103)84-68(93)50-85(39-15-11-35-78)70(95)51-86(40-16-12-36-79)71(96)52-88(42-18-14-38-81)75(100)57-92(49-62-27-30-66-67(47-62)107-58-106-66)76(101)56-91(45-33-61-25-28-64(29-26-61)109(82,104)105)73(98)53-87(41-17-13-37-80)72(97)55-90(44-32-60-21-7-3-8-22-60)74(99)54-89(43-31-59-19-5-2-6-20-59)69(94)48-83-63-23-9-4-10-24-63/h2-3,5-8,19-22,25-30,47,63,65,83H,4,9-18,23-24,31-46,48-58,78-81H2,1H3,(H,84,93)(H,102,103)(H2,82,104,105). The number of aliphatic carboxylic acids is 1. The zero-order chi connectivity index (χ0) is 78.9. The van der Waals surface area contributed by atoms with Crippen LogP contribution in [0.4, 0.5) is 0 Å². The van der Waals surface area contributed by atoms with E-state index in [0.717, 1.165) is 43.2 Å². The van der Waals surface area contributed by atoms with E-state index in [9.17, 15) is 42.3 Å². The Bertz CT molecular complexity index is 3640. The smallest absolute Gasteiger partial charge is 0.326 e. The number of nitrogens with two attached hydrogens (primary N) is 5. The number of benzene rings is 4. The molecular formula is C77H115N15O15S2. The van der Waals surface area contributed by atoms with Gasteiger partial charge in [0.1, 0.15) is 12.6 Å². The Morgan fingerprint density at radius 2 is 0.844 bits per heavy atom. The average molecular weight is 1550 g/mol. The molecule has 30 nitrogen and oxygen atoms in total. The zero-order valence-corrected chi connectivity index (χ0v) is 64.8. The van der Waals surface area contributed by atoms with Gasteiger partial charge < -0.3 is 87.3 Å². The Morgan fingerprint density at radius 3 is 1.26 bits per heavy atom. The van der Waals surface area contributed by atoms with Crippen molar-refractivity contribution in [3.05, 3.63) is 125 Å². The average Bonchev–Trinajstić information content (AvgIpc) is 1.80. The van der Waals surface area contributed by atoms with Crippen molar-refractivity contribution in [1.82, 2.24) is 49.8 Å². The van der Waals surface area contributed by atoms with E-state index in [1.165, 1.54) is 75.2 Å². The molecule has 4 aromatic rings. The second-order valence-electron chi connectivity index (χ2n) is 27.5. The van der Waals surface area contributed by atoms with E-state index < -0.39 is 115 Å². The summed E-state index contributed by atoms with van der Waals surface area (Å²) in [5.41, 5.74) is 26.6. The number of thioether (sulfide) groups is 1. The molecule has 6 rings (SSSR count). The number of sulfonamides is 1. The molecule has 0 spiro atoms. The Labute approximate surface area is 645 Å². The van der Waals surface area contributed by atoms with Crippen LogP contribution in [0.5, 0.6) is 11.5 Å². The molecule has 13 N–H and O–H groups in total. The molecule has 1 fully saturated rings. The van der Waals surface area contributed by atoms with Crippen LogP contribution in [-0.2, 0) is 83.8 Å². The van der Waals surface area contributed by atoms with Crippen LogP contribution in [0.25, 0.3) is 0 Å². The number of hydrogen-bond acceptors (Lipinski definition) is 20. The highest BCUT2D eigenvalue weighted by molar-refractivity contribution is 7.98. The highest BCUT2D eigenvalue weighted by Gasteiger charge is 2.33. The number of amides is 9. The van der Waals surface area contributed by atoms with Gasteiger partial charge in [-0.2, -0.15) is 11.8 Å². The molecule has 600 valence electrons. The Balaban J connectivity index is 1.32. The van der Waals surface area contributed by atoms with Crippen LogP contribution in [0.15, 0.2) is 108 Å². The number of fused-ring (bicyclic) bond motifs is 1. The molecule has 4 aromatic carbocycles. The predicted octanol–water partition coefficient (Wildman–Crippen LogP) is 2.12. The van der Waals surface area contributed by atoms with Crippen LogP contribution in [-0.4, -0.2) is 274 Å². The van der Waals surface area contributed by atoms with Gasteiger partial charge in [0.15, 0.2) is 11.5 Å². The van der Waals surface area contributed by atoms with E-state index in [1.807, 2.05) is 60.7 Å². The number of carbonyl (C=O) groups is 10. The van der Waals surface area contributed by atoms with Crippen LogP contribution in [0.2, 0.25) is 0 Å². The monoisotopic (exact) mass is 1550 g/mol. The lowest BCUT2D eigenvalue weighted by molar-refractivity contribution is -0.149. The minimum absolute atomic E-state index is 0.00762. The summed E-state index contributed by atoms with van der Waals surface area (Å²) in [6, 6.07) is 28.6. The molecule has 32 heteroatoms. The molecule has 9 amide bonds. The van der Waals surface area contributed by atoms with Crippen LogP contribution < -0.4 is 48.2 Å². The second-order valence-corrected chi connectivity index (χ2v) is 30.0. The maximum Gasteiger partial charge on any atom is 0.326 e. The molecule has 0 aromatic heterocycles. The quantitative estimate of drug-likeness (QED) is 0.0293. The first-order valence-corrected chi connectivity index (χ1v) is 40.8. The van der Waals surface area contributed by atoms with E-state index >= 15 is 19.2 Å². The summed E-state index contributed by atoms with van der Waals surface area (Å²) in [4.78, 5) is 156. The number of nitrogens with one attached hydrogen (secondary N) is 2. The van der Waals surface area contributed by atoms with Crippen LogP contribution in [0.1, 0.15) is 112 Å². The Hall–Kier alpha value is -8.76. The molecule has 1 unspecified atom stereocenters. The van der Waals surface area contributed by atoms with Crippen molar-refractivity contribution in [2.75, 3.05) is 150 Å². The third kappa shape index (κ3) is 32.4. The summed E-state index contributed by atoms with van der Waals surface area (Å²) in [5.74, 6) is -5.47. The van der Waals surface area contributed by atoms with Gasteiger partial charge in [0.2, 0.25) is 70.0 Å². The van der Waals surface area contributed by atoms with Crippen molar-refractivity contribution in [2.45, 2.75) is 133 Å². The lowest BCUT2D eigenvalue weighted by Gasteiger charge is -2.33. The number of rotatable bonds is 52. The number of unbranched alkanes of at least 4 members (excludes halogenated alkanes) is 4. The first kappa shape index (κ1) is 89.1. The summed E-state index contributed by atoms with van der Waals surface area (Å²) in [6.45, 7) is -3.45. The highest BCUT2D eigenvalue weighted by Crippen LogP contribution is 2.33. The third-order valence-corrected chi connectivity index (χ3v) is 20.7. The van der Waals surface area contributed by atoms with E-state index in [2.05, 4.69) is 10.6 Å². The maximum atomic E-state index is 15.5. The van der Waals surface area contributed by atoms with Crippen LogP contribution in [0, 0.1) is 0 Å². The van der Waals surface area contributed by atoms with Gasteiger partial charge in [0, 0.05) is 58.4 Å². The van der Waals surface area contributed by atoms with E-state index in [1.54, 1.807) is 24.5 Å². The summed E-state index contributed by atoms with van der Waals surface area (Å²) < 4.78 is 36.0. The maximum absolute atomic E-state index is 15.5. The molecule has 1 aliphatic heterocycles. The molecule has 1 aliphatic carbocycles. The van der Waals surface area contributed by atoms with Crippen molar-refractivity contribution in [3.8, 4) is 11.5 Å². The molecule has 1 heterocycles. The number of carboxylic acid groups (broad SMARTS) is 1. The topological polar surface area (TPSA) is 424 Å². The molecule has 109 heavy (non-hydrogen) atoms. The molecule has 0 radical (unpaired) electrons. The van der Waals surface area contributed by atoms with Gasteiger partial charge in [-0.05, 0) is 175 Å². The Kier molecular flexibility index (Phi) is 39.8. The fourth-order valence-corrected chi connectivity index (χ4v) is 13.6. The third-order valence-electron chi connectivity index (χ3n) is 19.1. The summed E-state index contributed by atoms with van der Waals surface area (Å²) >= 11 is 1.41. The molecule has 0 bridgehead atoms. The fraction of sp³-hybridized carbons (Fsp3) is 0.558. The van der Waals surface area contributed by atoms with Crippen LogP contribution in [0.3, 0.4) is 0 Å². The normalized spacial score (nSPS) is 12.9. The SMILES string of the molecule is CSCCC(NC(=O)CN(CCCCN)C(=O)CN(CCCCN)C(=O)CN(CCCCN)C(=O)CN(Cc1ccc2c(c1)OCO2)C(=O)CN(CCc1ccc(S(N)(=O)=O)cc1)C(=O)CN(CCCCN)C(=O)CN(CCc1ccccc1)C(=O)CN(CCc1ccccc1)C(=O)CNC1CCCCC1)C(=O)O. The number of ether oxygens (including phenoxy) is 2. The molecule has 1 atom stereocenters. The zero-order valence-electron chi connectivity index (χ0n) is 63.2. The summed E-state index contributed by atoms with van der Waals surface area (Å²) in [6.07, 6.45) is 11.2. The highest BCUT2D eigenvalue weighted by atomic mass is 32.2. The van der Waals surface area contributed by atoms with Gasteiger partial charge >= 0.3 is 5.97 Å². The van der Waals surface area contributed by atoms with Crippen molar-refractivity contribution in [1.29, 1.82) is 0 Å². The van der Waals surface area contributed by atoms with Crippen molar-refractivity contribution < 1.29 is 70.9 Å². The number of hydrogen-bond donors (Lipinski definition) is 8. The van der Waals surface area contributed by atoms with Gasteiger partial charge in [-0.3, -0.25) is 43.2 Å². The van der Waals surface area contributed by atoms with Gasteiger partial charge in [0.25, 0.3) is 0 Å². The number of nitrogens with zero attached hydrogens (tertiary/aromatic N) is 8. The van der Waals surface area contributed by atoms with Gasteiger partial charge in [-0.1, -0.05) is 98.1 Å². The number of primary sulfonamides is 1. The predicted molar refractivity (Wildman–Crippen MR) is 416 cm³/mol. The molecule has 1 saturated carbocycles. The van der Waals surface area contributed by atoms with Crippen LogP contribution >= 0.6 is 11.8 Å². The molecular weight excluding hydrogens is 1440 g/mol. The number of carbonyl (C=O) groups excluding carboxylic acids is 9. The van der Waals surface area contributed by atoms with Gasteiger partial charge in [-0.25, -0.2) is 18.4 Å². The largest absolute Gasteiger partial charge is 0.480 e. The molecule has 2 aliphatic rings. The fourth-order valence-electron chi connectivity index (χ4n) is 12.7. The van der Waals surface area contributed by atoms with E-state index in [4.69, 9.17) is 37.5 Å². The summed E-state index contributed by atoms with van der Waals surface area (Å²) in [7, 11) is -4.10.